The molecule has 3 aliphatic rings. The van der Waals surface area contributed by atoms with E-state index >= 15 is 0 Å². The van der Waals surface area contributed by atoms with Gasteiger partial charge in [-0.1, -0.05) is 133 Å². The Morgan fingerprint density at radius 1 is 0.591 bits per heavy atom. The molecule has 44 heavy (non-hydrogen) atoms. The summed E-state index contributed by atoms with van der Waals surface area (Å²) in [5, 5.41) is 3.69. The van der Waals surface area contributed by atoms with E-state index in [4.69, 9.17) is 0 Å². The average molecular weight is 584 g/mol. The van der Waals surface area contributed by atoms with Gasteiger partial charge in [-0.05, 0) is 105 Å². The molecule has 0 amide bonds. The molecule has 8 rings (SSSR count). The van der Waals surface area contributed by atoms with Crippen LogP contribution in [0.25, 0.3) is 33.4 Å². The van der Waals surface area contributed by atoms with Crippen molar-refractivity contribution in [1.82, 2.24) is 0 Å². The van der Waals surface area contributed by atoms with Gasteiger partial charge in [0.2, 0.25) is 0 Å². The summed E-state index contributed by atoms with van der Waals surface area (Å²) in [7, 11) is 0. The van der Waals surface area contributed by atoms with Gasteiger partial charge in [-0.2, -0.15) is 0 Å². The van der Waals surface area contributed by atoms with Crippen LogP contribution in [0, 0.1) is 0 Å². The second-order valence-electron chi connectivity index (χ2n) is 11.7. The van der Waals surface area contributed by atoms with E-state index in [1.165, 1.54) is 59.9 Å². The maximum absolute atomic E-state index is 3.69. The Morgan fingerprint density at radius 2 is 1.32 bits per heavy atom. The van der Waals surface area contributed by atoms with Crippen molar-refractivity contribution < 1.29 is 0 Å². The highest BCUT2D eigenvalue weighted by Gasteiger charge is 2.31. The summed E-state index contributed by atoms with van der Waals surface area (Å²) in [4.78, 5) is 2.86. The van der Waals surface area contributed by atoms with Gasteiger partial charge in [0.1, 0.15) is 0 Å². The zero-order valence-electron chi connectivity index (χ0n) is 24.5. The highest BCUT2D eigenvalue weighted by Crippen LogP contribution is 2.54. The predicted octanol–water partition coefficient (Wildman–Crippen LogP) is 12.1. The van der Waals surface area contributed by atoms with Crippen LogP contribution < -0.4 is 5.32 Å². The van der Waals surface area contributed by atoms with Crippen molar-refractivity contribution in [1.29, 1.82) is 0 Å². The topological polar surface area (TPSA) is 12.0 Å². The van der Waals surface area contributed by atoms with Gasteiger partial charge in [-0.3, -0.25) is 0 Å². The number of nitrogens with one attached hydrogen (secondary N) is 1. The quantitative estimate of drug-likeness (QED) is 0.213. The van der Waals surface area contributed by atoms with E-state index in [2.05, 4.69) is 157 Å². The lowest BCUT2D eigenvalue weighted by Gasteiger charge is -2.22. The van der Waals surface area contributed by atoms with Gasteiger partial charge >= 0.3 is 0 Å². The van der Waals surface area contributed by atoms with Crippen molar-refractivity contribution in [2.45, 2.75) is 30.1 Å². The second kappa shape index (κ2) is 11.7. The van der Waals surface area contributed by atoms with Crippen LogP contribution in [-0.2, 0) is 0 Å². The maximum Gasteiger partial charge on any atom is 0.0390 e. The first-order valence-electron chi connectivity index (χ1n) is 15.5. The van der Waals surface area contributed by atoms with Crippen LogP contribution in [0.1, 0.15) is 41.9 Å². The summed E-state index contributed by atoms with van der Waals surface area (Å²) in [5.74, 6) is 0.440. The Labute approximate surface area is 264 Å². The van der Waals surface area contributed by atoms with E-state index in [1.54, 1.807) is 0 Å². The molecule has 1 atom stereocenters. The van der Waals surface area contributed by atoms with Gasteiger partial charge in [-0.25, -0.2) is 0 Å². The molecular weight excluding hydrogens is 551 g/mol. The molecule has 5 aromatic rings. The summed E-state index contributed by atoms with van der Waals surface area (Å²) in [6.45, 7) is 0. The number of hydrogen-bond acceptors (Lipinski definition) is 2. The Hall–Kier alpha value is -4.79. The zero-order valence-corrected chi connectivity index (χ0v) is 25.4. The minimum atomic E-state index is 0.440. The first kappa shape index (κ1) is 26.8. The fourth-order valence-electron chi connectivity index (χ4n) is 6.60. The van der Waals surface area contributed by atoms with Crippen LogP contribution in [0.15, 0.2) is 162 Å². The first-order chi connectivity index (χ1) is 21.8. The molecule has 2 aliphatic carbocycles. The number of rotatable bonds is 6. The highest BCUT2D eigenvalue weighted by atomic mass is 32.2. The number of allylic oxidation sites excluding steroid dienone is 8. The van der Waals surface area contributed by atoms with Gasteiger partial charge in [-0.15, -0.1) is 0 Å². The molecule has 0 spiro atoms. The fourth-order valence-corrected chi connectivity index (χ4v) is 7.82. The van der Waals surface area contributed by atoms with Gasteiger partial charge < -0.3 is 5.32 Å². The molecule has 0 aromatic heterocycles. The zero-order chi connectivity index (χ0) is 29.3. The molecule has 0 saturated carbocycles. The van der Waals surface area contributed by atoms with Gasteiger partial charge in [0.05, 0.1) is 0 Å². The number of anilines is 2. The number of thioether (sulfide) groups is 1. The minimum Gasteiger partial charge on any atom is -0.356 e. The molecule has 2 heteroatoms. The van der Waals surface area contributed by atoms with Crippen molar-refractivity contribution in [3.05, 3.63) is 173 Å². The molecule has 1 N–H and O–H groups in total. The summed E-state index contributed by atoms with van der Waals surface area (Å²) >= 11 is 1.93. The summed E-state index contributed by atoms with van der Waals surface area (Å²) in [6, 6.07) is 44.2. The molecule has 0 bridgehead atoms. The van der Waals surface area contributed by atoms with E-state index in [0.717, 1.165) is 30.6 Å². The third-order valence-electron chi connectivity index (χ3n) is 8.91. The van der Waals surface area contributed by atoms with Crippen LogP contribution in [0.5, 0.6) is 0 Å². The summed E-state index contributed by atoms with van der Waals surface area (Å²) < 4.78 is 0. The lowest BCUT2D eigenvalue weighted by Crippen LogP contribution is -2.03. The molecule has 212 valence electrons. The average Bonchev–Trinajstić information content (AvgIpc) is 3.47. The van der Waals surface area contributed by atoms with E-state index in [-0.39, 0.29) is 0 Å². The fraction of sp³-hybridized carbons (Fsp3) is 0.0952. The largest absolute Gasteiger partial charge is 0.356 e. The molecule has 1 unspecified atom stereocenters. The van der Waals surface area contributed by atoms with Gasteiger partial charge in [0, 0.05) is 22.2 Å². The lowest BCUT2D eigenvalue weighted by atomic mass is 9.83. The molecule has 0 radical (unpaired) electrons. The monoisotopic (exact) mass is 583 g/mol. The Kier molecular flexibility index (Phi) is 7.14. The van der Waals surface area contributed by atoms with E-state index in [1.807, 2.05) is 11.8 Å². The third-order valence-corrected chi connectivity index (χ3v) is 10.2. The van der Waals surface area contributed by atoms with Crippen LogP contribution in [0.4, 0.5) is 11.4 Å². The Balaban J connectivity index is 1.14. The molecule has 5 aromatic carbocycles. The lowest BCUT2D eigenvalue weighted by molar-refractivity contribution is 0.851. The van der Waals surface area contributed by atoms with Gasteiger partial charge in [0.15, 0.2) is 0 Å². The number of hydrogen-bond donors (Lipinski definition) is 1. The summed E-state index contributed by atoms with van der Waals surface area (Å²) in [5.41, 5.74) is 13.9. The van der Waals surface area contributed by atoms with Crippen LogP contribution in [0.2, 0.25) is 0 Å². The third kappa shape index (κ3) is 5.27. The molecular formula is C42H33NS. The molecule has 0 saturated heterocycles. The van der Waals surface area contributed by atoms with Crippen LogP contribution >= 0.6 is 11.8 Å². The van der Waals surface area contributed by atoms with E-state index in [9.17, 15) is 0 Å². The van der Waals surface area contributed by atoms with Crippen LogP contribution in [-0.4, -0.2) is 0 Å². The minimum absolute atomic E-state index is 0.440. The molecule has 1 nitrogen and oxygen atoms in total. The van der Waals surface area contributed by atoms with Crippen molar-refractivity contribution in [3.63, 3.8) is 0 Å². The second-order valence-corrected chi connectivity index (χ2v) is 12.8. The Morgan fingerprint density at radius 3 is 2.14 bits per heavy atom. The van der Waals surface area contributed by atoms with Crippen LogP contribution in [0.3, 0.4) is 0 Å². The predicted molar refractivity (Wildman–Crippen MR) is 189 cm³/mol. The van der Waals surface area contributed by atoms with E-state index in [0.29, 0.717) is 5.92 Å². The summed E-state index contributed by atoms with van der Waals surface area (Å²) in [6.07, 6.45) is 14.8. The highest BCUT2D eigenvalue weighted by molar-refractivity contribution is 8.03. The Bertz CT molecular complexity index is 1960. The molecule has 1 heterocycles. The van der Waals surface area contributed by atoms with Gasteiger partial charge in [0.25, 0.3) is 0 Å². The number of fused-ring (bicyclic) bond motifs is 3. The van der Waals surface area contributed by atoms with Crippen molar-refractivity contribution in [2.75, 3.05) is 5.32 Å². The standard InChI is InChI=1S/C42H33NS/c1-3-9-29(10-4-1)31-15-17-33(18-16-31)39-28-36(43-35-22-19-32(20-23-35)30-11-5-2-6-12-30)24-25-37(39)34-21-26-42-40(27-34)38-13-7-8-14-41(38)44-42/h1,3-5,7-26,28,40,43H,2,6,27H2. The first-order valence-corrected chi connectivity index (χ1v) is 16.3. The molecule has 1 aliphatic heterocycles. The van der Waals surface area contributed by atoms with Crippen molar-refractivity contribution >= 4 is 34.3 Å². The smallest absolute Gasteiger partial charge is 0.0390 e. The maximum atomic E-state index is 3.69. The number of benzene rings is 5. The molecule has 0 fully saturated rings. The van der Waals surface area contributed by atoms with Crippen molar-refractivity contribution in [3.8, 4) is 22.3 Å². The van der Waals surface area contributed by atoms with Crippen molar-refractivity contribution in [2.24, 2.45) is 0 Å². The SMILES string of the molecule is C1=CC(c2ccc(Nc3ccc(C4=CC=C5Sc6ccccc6C5C4)c(-c4ccc(-c5ccccc5)cc4)c3)cc2)=CCC1. The normalized spacial score (nSPS) is 16.8. The van der Waals surface area contributed by atoms with E-state index < -0.39 is 0 Å².